The van der Waals surface area contributed by atoms with E-state index in [1.54, 1.807) is 0 Å². The van der Waals surface area contributed by atoms with E-state index >= 15 is 0 Å². The standard InChI is InChI=1S/2C5H9NO2.C4H6O6/c2*7-5(8)4-2-1-3-6-4;5-1(3(7)8)2(6)4(9)10/h2*4,6H,1-3H2,(H,7,8);1-2,5-6H,(H,7,8)(H,9,10)/t2*4-;1-,2-/m110/s1. The van der Waals surface area contributed by atoms with Gasteiger partial charge in [-0.15, -0.1) is 0 Å². The molecule has 2 heterocycles. The van der Waals surface area contributed by atoms with E-state index in [2.05, 4.69) is 0 Å². The van der Waals surface area contributed by atoms with Gasteiger partial charge >= 0.3 is 11.9 Å². The third-order valence-corrected chi connectivity index (χ3v) is 3.76. The maximum atomic E-state index is 10.2. The predicted molar refractivity (Wildman–Crippen MR) is 76.9 cm³/mol. The van der Waals surface area contributed by atoms with E-state index in [4.69, 9.17) is 20.4 Å². The van der Waals surface area contributed by atoms with Gasteiger partial charge in [0.05, 0.1) is 25.0 Å². The lowest BCUT2D eigenvalue weighted by Crippen LogP contribution is -2.88. The van der Waals surface area contributed by atoms with Crippen LogP contribution in [0.4, 0.5) is 0 Å². The Balaban J connectivity index is 0.000000363. The highest BCUT2D eigenvalue weighted by Crippen LogP contribution is 1.96. The van der Waals surface area contributed by atoms with Crippen molar-refractivity contribution in [2.24, 2.45) is 0 Å². The maximum Gasteiger partial charge on any atom is 0.362 e. The SMILES string of the molecule is O=C(O)[C@H]1CCC[NH2+]1.O=C(O)[C@H]1CCC[NH2+]1.O=C([O-])[C@@H](O)[C@H](O)C(=O)[O-]. The number of nitrogens with two attached hydrogens (primary N) is 2. The number of hydrogen-bond acceptors (Lipinski definition) is 8. The monoisotopic (exact) mass is 380 g/mol. The molecule has 150 valence electrons. The van der Waals surface area contributed by atoms with E-state index in [1.807, 2.05) is 10.6 Å². The van der Waals surface area contributed by atoms with Crippen LogP contribution >= 0.6 is 0 Å². The molecule has 12 nitrogen and oxygen atoms in total. The summed E-state index contributed by atoms with van der Waals surface area (Å²) in [7, 11) is 0. The van der Waals surface area contributed by atoms with Crippen LogP contribution in [0, 0.1) is 0 Å². The fraction of sp³-hybridized carbons (Fsp3) is 0.714. The molecule has 0 saturated carbocycles. The van der Waals surface area contributed by atoms with Crippen LogP contribution in [0.15, 0.2) is 0 Å². The number of aliphatic carboxylic acids is 4. The number of carboxylic acid groups (broad SMARTS) is 4. The first-order valence-electron chi connectivity index (χ1n) is 7.98. The highest BCUT2D eigenvalue weighted by Gasteiger charge is 2.25. The van der Waals surface area contributed by atoms with Crippen molar-refractivity contribution in [3.05, 3.63) is 0 Å². The molecule has 2 rings (SSSR count). The third-order valence-electron chi connectivity index (χ3n) is 3.76. The molecule has 0 aromatic rings. The Bertz CT molecular complexity index is 442. The molecule has 2 saturated heterocycles. The minimum atomic E-state index is -2.44. The van der Waals surface area contributed by atoms with Crippen LogP contribution in [0.3, 0.4) is 0 Å². The van der Waals surface area contributed by atoms with Gasteiger partial charge in [-0.2, -0.15) is 0 Å². The summed E-state index contributed by atoms with van der Waals surface area (Å²) in [5.74, 6) is -5.45. The number of hydrogen-bond donors (Lipinski definition) is 6. The van der Waals surface area contributed by atoms with E-state index in [-0.39, 0.29) is 12.1 Å². The van der Waals surface area contributed by atoms with E-state index in [9.17, 15) is 29.4 Å². The quantitative estimate of drug-likeness (QED) is 0.264. The number of carbonyl (C=O) groups excluding carboxylic acids is 2. The minimum absolute atomic E-state index is 0.144. The average molecular weight is 380 g/mol. The van der Waals surface area contributed by atoms with Crippen LogP contribution in [-0.4, -0.2) is 81.7 Å². The van der Waals surface area contributed by atoms with Crippen molar-refractivity contribution < 1.29 is 60.5 Å². The van der Waals surface area contributed by atoms with Crippen LogP contribution in [-0.2, 0) is 19.2 Å². The molecule has 2 aliphatic heterocycles. The first-order chi connectivity index (χ1) is 12.1. The summed E-state index contributed by atoms with van der Waals surface area (Å²) >= 11 is 0. The Morgan fingerprint density at radius 3 is 1.19 bits per heavy atom. The smallest absolute Gasteiger partial charge is 0.362 e. The predicted octanol–water partition coefficient (Wildman–Crippen LogP) is -7.20. The van der Waals surface area contributed by atoms with E-state index < -0.39 is 36.1 Å². The number of rotatable bonds is 5. The summed E-state index contributed by atoms with van der Waals surface area (Å²) < 4.78 is 0. The van der Waals surface area contributed by atoms with Gasteiger partial charge in [0.2, 0.25) is 0 Å². The summed E-state index contributed by atoms with van der Waals surface area (Å²) in [6, 6.07) is -0.287. The van der Waals surface area contributed by atoms with Gasteiger partial charge in [-0.3, -0.25) is 0 Å². The fourth-order valence-electron chi connectivity index (χ4n) is 2.26. The molecule has 0 radical (unpaired) electrons. The average Bonchev–Trinajstić information content (AvgIpc) is 3.27. The van der Waals surface area contributed by atoms with Crippen LogP contribution in [0.25, 0.3) is 0 Å². The van der Waals surface area contributed by atoms with Crippen LogP contribution in [0.2, 0.25) is 0 Å². The van der Waals surface area contributed by atoms with Gasteiger partial charge in [-0.1, -0.05) is 0 Å². The van der Waals surface area contributed by atoms with Crippen LogP contribution in [0.1, 0.15) is 25.7 Å². The van der Waals surface area contributed by atoms with Gasteiger partial charge in [0.25, 0.3) is 0 Å². The van der Waals surface area contributed by atoms with Gasteiger partial charge in [-0.25, -0.2) is 9.59 Å². The highest BCUT2D eigenvalue weighted by molar-refractivity contribution is 5.80. The third kappa shape index (κ3) is 9.27. The molecule has 12 heteroatoms. The Morgan fingerprint density at radius 2 is 1.08 bits per heavy atom. The largest absolute Gasteiger partial charge is 0.547 e. The van der Waals surface area contributed by atoms with Crippen LogP contribution in [0.5, 0.6) is 0 Å². The summed E-state index contributed by atoms with van der Waals surface area (Å²) in [5, 5.41) is 56.2. The van der Waals surface area contributed by atoms with E-state index in [0.29, 0.717) is 0 Å². The molecule has 0 amide bonds. The van der Waals surface area contributed by atoms with Crippen molar-refractivity contribution in [1.82, 2.24) is 0 Å². The van der Waals surface area contributed by atoms with Gasteiger partial charge in [0.15, 0.2) is 12.1 Å². The van der Waals surface area contributed by atoms with Crippen molar-refractivity contribution in [1.29, 1.82) is 0 Å². The van der Waals surface area contributed by atoms with Gasteiger partial charge in [-0.05, 0) is 0 Å². The first kappa shape index (κ1) is 23.7. The number of quaternary nitrogens is 2. The summed E-state index contributed by atoms with van der Waals surface area (Å²) in [6.45, 7) is 1.97. The Kier molecular flexibility index (Phi) is 11.1. The molecule has 4 atom stereocenters. The Morgan fingerprint density at radius 1 is 0.769 bits per heavy atom. The van der Waals surface area contributed by atoms with Crippen molar-refractivity contribution in [2.75, 3.05) is 13.1 Å². The molecular weight excluding hydrogens is 356 g/mol. The van der Waals surface area contributed by atoms with E-state index in [1.165, 1.54) is 0 Å². The van der Waals surface area contributed by atoms with Crippen molar-refractivity contribution >= 4 is 23.9 Å². The molecule has 8 N–H and O–H groups in total. The topological polar surface area (TPSA) is 229 Å². The fourth-order valence-corrected chi connectivity index (χ4v) is 2.26. The van der Waals surface area contributed by atoms with Gasteiger partial charge < -0.3 is 50.9 Å². The second-order valence-corrected chi connectivity index (χ2v) is 5.75. The Hall–Kier alpha value is -2.28. The molecule has 0 aliphatic carbocycles. The molecule has 26 heavy (non-hydrogen) atoms. The maximum absolute atomic E-state index is 10.2. The minimum Gasteiger partial charge on any atom is -0.547 e. The van der Waals surface area contributed by atoms with Crippen molar-refractivity contribution in [3.8, 4) is 0 Å². The molecule has 0 aromatic carbocycles. The number of carboxylic acids is 4. The van der Waals surface area contributed by atoms with Gasteiger partial charge in [0.1, 0.15) is 12.2 Å². The Labute approximate surface area is 148 Å². The van der Waals surface area contributed by atoms with Crippen LogP contribution < -0.4 is 20.8 Å². The number of aliphatic hydroxyl groups is 2. The zero-order valence-corrected chi connectivity index (χ0v) is 13.9. The van der Waals surface area contributed by atoms with Crippen molar-refractivity contribution in [3.63, 3.8) is 0 Å². The lowest BCUT2D eigenvalue weighted by molar-refractivity contribution is -0.658. The highest BCUT2D eigenvalue weighted by atomic mass is 16.4. The molecule has 0 bridgehead atoms. The lowest BCUT2D eigenvalue weighted by atomic mass is 10.2. The van der Waals surface area contributed by atoms with Crippen molar-refractivity contribution in [2.45, 2.75) is 50.0 Å². The molecule has 0 unspecified atom stereocenters. The van der Waals surface area contributed by atoms with E-state index in [0.717, 1.165) is 38.8 Å². The summed E-state index contributed by atoms with van der Waals surface area (Å²) in [5.41, 5.74) is 0. The molecule has 2 fully saturated rings. The normalized spacial score (nSPS) is 23.5. The number of carbonyl (C=O) groups is 4. The summed E-state index contributed by atoms with van der Waals surface area (Å²) in [6.07, 6.45) is -1.09. The lowest BCUT2D eigenvalue weighted by Gasteiger charge is -2.18. The van der Waals surface area contributed by atoms with Gasteiger partial charge in [0, 0.05) is 25.7 Å². The molecule has 0 aromatic heterocycles. The first-order valence-corrected chi connectivity index (χ1v) is 7.98. The zero-order chi connectivity index (χ0) is 20.3. The second-order valence-electron chi connectivity index (χ2n) is 5.75. The zero-order valence-electron chi connectivity index (χ0n) is 13.9. The second kappa shape index (κ2) is 12.1. The number of aliphatic hydroxyl groups excluding tert-OH is 2. The molecular formula is C14H24N2O10. The molecule has 0 spiro atoms. The summed E-state index contributed by atoms with van der Waals surface area (Å²) in [4.78, 5) is 39.6. The molecule has 2 aliphatic rings.